The van der Waals surface area contributed by atoms with Crippen LogP contribution in [0.2, 0.25) is 0 Å². The summed E-state index contributed by atoms with van der Waals surface area (Å²) in [4.78, 5) is 2.49. The summed E-state index contributed by atoms with van der Waals surface area (Å²) in [6, 6.07) is 16.9. The molecule has 2 nitrogen and oxygen atoms in total. The largest absolute Gasteiger partial charge is 0.497 e. The minimum atomic E-state index is 0.861. The van der Waals surface area contributed by atoms with Crippen LogP contribution in [0.1, 0.15) is 30.9 Å². The molecule has 0 spiro atoms. The molecule has 2 aromatic rings. The number of piperidine rings is 1. The van der Waals surface area contributed by atoms with Gasteiger partial charge in [-0.3, -0.25) is 0 Å². The number of ether oxygens (including phenoxy) is 1. The molecule has 120 valence electrons. The van der Waals surface area contributed by atoms with E-state index in [1.54, 1.807) is 7.11 Å². The van der Waals surface area contributed by atoms with E-state index in [1.807, 2.05) is 12.1 Å². The van der Waals surface area contributed by atoms with Gasteiger partial charge in [0.15, 0.2) is 0 Å². The molecular formula is C21H25NO. The van der Waals surface area contributed by atoms with Crippen molar-refractivity contribution in [2.24, 2.45) is 5.92 Å². The average molecular weight is 307 g/mol. The van der Waals surface area contributed by atoms with E-state index in [-0.39, 0.29) is 0 Å². The zero-order valence-corrected chi connectivity index (χ0v) is 14.1. The summed E-state index contributed by atoms with van der Waals surface area (Å²) in [5, 5.41) is 0. The maximum atomic E-state index is 5.21. The van der Waals surface area contributed by atoms with Gasteiger partial charge in [0.1, 0.15) is 5.75 Å². The van der Waals surface area contributed by atoms with Gasteiger partial charge in [-0.05, 0) is 59.7 Å². The second-order valence-electron chi connectivity index (χ2n) is 6.42. The molecule has 1 aliphatic heterocycles. The van der Waals surface area contributed by atoms with Crippen molar-refractivity contribution < 1.29 is 4.74 Å². The quantitative estimate of drug-likeness (QED) is 0.788. The lowest BCUT2D eigenvalue weighted by atomic mass is 9.97. The maximum absolute atomic E-state index is 5.21. The van der Waals surface area contributed by atoms with Gasteiger partial charge in [-0.2, -0.15) is 0 Å². The van der Waals surface area contributed by atoms with Crippen molar-refractivity contribution >= 4 is 11.3 Å². The van der Waals surface area contributed by atoms with Crippen LogP contribution in [0.3, 0.4) is 0 Å². The molecule has 3 rings (SSSR count). The Morgan fingerprint density at radius 2 is 1.48 bits per heavy atom. The van der Waals surface area contributed by atoms with E-state index in [4.69, 9.17) is 4.74 Å². The number of anilines is 1. The lowest BCUT2D eigenvalue weighted by Crippen LogP contribution is -2.32. The molecule has 1 saturated heterocycles. The molecule has 23 heavy (non-hydrogen) atoms. The third-order valence-electron chi connectivity index (χ3n) is 4.80. The summed E-state index contributed by atoms with van der Waals surface area (Å²) >= 11 is 0. The smallest absolute Gasteiger partial charge is 0.118 e. The normalized spacial score (nSPS) is 15.5. The molecule has 0 unspecified atom stereocenters. The van der Waals surface area contributed by atoms with Crippen LogP contribution >= 0.6 is 0 Å². The summed E-state index contributed by atoms with van der Waals surface area (Å²) in [7, 11) is 1.68. The highest BCUT2D eigenvalue weighted by molar-refractivity contribution is 5.79. The SMILES string of the molecule is C=C(c1ccc(OC)cc1)c1ccc(N2CCC(C)CC2)cc1. The molecule has 0 amide bonds. The van der Waals surface area contributed by atoms with E-state index in [0.29, 0.717) is 0 Å². The second kappa shape index (κ2) is 6.91. The van der Waals surface area contributed by atoms with Crippen molar-refractivity contribution in [3.8, 4) is 5.75 Å². The molecule has 0 N–H and O–H groups in total. The number of hydrogen-bond acceptors (Lipinski definition) is 2. The minimum absolute atomic E-state index is 0.861. The lowest BCUT2D eigenvalue weighted by molar-refractivity contribution is 0.415. The fourth-order valence-corrected chi connectivity index (χ4v) is 3.10. The molecule has 1 aliphatic rings. The van der Waals surface area contributed by atoms with Crippen molar-refractivity contribution in [2.75, 3.05) is 25.1 Å². The summed E-state index contributed by atoms with van der Waals surface area (Å²) in [6.45, 7) is 8.93. The standard InChI is InChI=1S/C21H25NO/c1-16-12-14-22(15-13-16)20-8-4-18(5-9-20)17(2)19-6-10-21(23-3)11-7-19/h4-11,16H,2,12-15H2,1,3H3. The predicted molar refractivity (Wildman–Crippen MR) is 98.2 cm³/mol. The van der Waals surface area contributed by atoms with Crippen LogP contribution in [0.5, 0.6) is 5.75 Å². The van der Waals surface area contributed by atoms with Crippen molar-refractivity contribution in [3.05, 3.63) is 66.2 Å². The van der Waals surface area contributed by atoms with Gasteiger partial charge in [-0.25, -0.2) is 0 Å². The van der Waals surface area contributed by atoms with Crippen molar-refractivity contribution in [2.45, 2.75) is 19.8 Å². The number of rotatable bonds is 4. The minimum Gasteiger partial charge on any atom is -0.497 e. The van der Waals surface area contributed by atoms with E-state index in [2.05, 4.69) is 54.8 Å². The molecule has 1 heterocycles. The van der Waals surface area contributed by atoms with E-state index in [9.17, 15) is 0 Å². The third-order valence-corrected chi connectivity index (χ3v) is 4.80. The Balaban J connectivity index is 1.72. The number of methoxy groups -OCH3 is 1. The highest BCUT2D eigenvalue weighted by atomic mass is 16.5. The van der Waals surface area contributed by atoms with Crippen molar-refractivity contribution in [3.63, 3.8) is 0 Å². The molecule has 2 heteroatoms. The van der Waals surface area contributed by atoms with Gasteiger partial charge in [0.2, 0.25) is 0 Å². The molecule has 0 atom stereocenters. The molecule has 0 saturated carbocycles. The van der Waals surface area contributed by atoms with Gasteiger partial charge in [0.25, 0.3) is 0 Å². The van der Waals surface area contributed by atoms with Crippen LogP contribution in [0.25, 0.3) is 5.57 Å². The molecular weight excluding hydrogens is 282 g/mol. The van der Waals surface area contributed by atoms with Crippen LogP contribution in [0, 0.1) is 5.92 Å². The highest BCUT2D eigenvalue weighted by Crippen LogP contribution is 2.27. The highest BCUT2D eigenvalue weighted by Gasteiger charge is 2.16. The van der Waals surface area contributed by atoms with Gasteiger partial charge in [0, 0.05) is 18.8 Å². The molecule has 0 aliphatic carbocycles. The van der Waals surface area contributed by atoms with Crippen molar-refractivity contribution in [1.82, 2.24) is 0 Å². The van der Waals surface area contributed by atoms with E-state index >= 15 is 0 Å². The van der Waals surface area contributed by atoms with Gasteiger partial charge in [-0.1, -0.05) is 37.8 Å². The zero-order chi connectivity index (χ0) is 16.2. The molecule has 1 fully saturated rings. The van der Waals surface area contributed by atoms with E-state index in [0.717, 1.165) is 22.8 Å². The summed E-state index contributed by atoms with van der Waals surface area (Å²) in [6.07, 6.45) is 2.58. The zero-order valence-electron chi connectivity index (χ0n) is 14.1. The Hall–Kier alpha value is -2.22. The Kier molecular flexibility index (Phi) is 4.71. The molecule has 2 aromatic carbocycles. The first-order valence-corrected chi connectivity index (χ1v) is 8.36. The molecule has 0 radical (unpaired) electrons. The fraction of sp³-hybridized carbons (Fsp3) is 0.333. The van der Waals surface area contributed by atoms with E-state index < -0.39 is 0 Å². The Morgan fingerprint density at radius 3 is 2.00 bits per heavy atom. The summed E-state index contributed by atoms with van der Waals surface area (Å²) in [5.74, 6) is 1.73. The van der Waals surface area contributed by atoms with Gasteiger partial charge in [0.05, 0.1) is 7.11 Å². The molecule has 0 aromatic heterocycles. The lowest BCUT2D eigenvalue weighted by Gasteiger charge is -2.32. The van der Waals surface area contributed by atoms with Gasteiger partial charge in [-0.15, -0.1) is 0 Å². The Bertz CT molecular complexity index is 649. The Morgan fingerprint density at radius 1 is 0.957 bits per heavy atom. The average Bonchev–Trinajstić information content (AvgIpc) is 2.62. The third kappa shape index (κ3) is 3.58. The van der Waals surface area contributed by atoms with E-state index in [1.165, 1.54) is 37.2 Å². The first-order valence-electron chi connectivity index (χ1n) is 8.36. The maximum Gasteiger partial charge on any atom is 0.118 e. The predicted octanol–water partition coefficient (Wildman–Crippen LogP) is 4.99. The topological polar surface area (TPSA) is 12.5 Å². The monoisotopic (exact) mass is 307 g/mol. The summed E-state index contributed by atoms with van der Waals surface area (Å²) in [5.41, 5.74) is 4.67. The van der Waals surface area contributed by atoms with Crippen LogP contribution in [-0.2, 0) is 0 Å². The summed E-state index contributed by atoms with van der Waals surface area (Å²) < 4.78 is 5.21. The van der Waals surface area contributed by atoms with Crippen molar-refractivity contribution in [1.29, 1.82) is 0 Å². The van der Waals surface area contributed by atoms with Crippen LogP contribution < -0.4 is 9.64 Å². The first-order chi connectivity index (χ1) is 11.2. The first kappa shape index (κ1) is 15.7. The van der Waals surface area contributed by atoms with Crippen LogP contribution in [0.4, 0.5) is 5.69 Å². The van der Waals surface area contributed by atoms with Gasteiger partial charge >= 0.3 is 0 Å². The van der Waals surface area contributed by atoms with Crippen LogP contribution in [-0.4, -0.2) is 20.2 Å². The fourth-order valence-electron chi connectivity index (χ4n) is 3.10. The number of benzene rings is 2. The Labute approximate surface area is 139 Å². The van der Waals surface area contributed by atoms with Gasteiger partial charge < -0.3 is 9.64 Å². The van der Waals surface area contributed by atoms with Crippen LogP contribution in [0.15, 0.2) is 55.1 Å². The number of hydrogen-bond donors (Lipinski definition) is 0. The second-order valence-corrected chi connectivity index (χ2v) is 6.42. The molecule has 0 bridgehead atoms. The number of nitrogens with zero attached hydrogens (tertiary/aromatic N) is 1.